The number of para-hydroxylation sites is 1. The second-order valence-corrected chi connectivity index (χ2v) is 16.4. The van der Waals surface area contributed by atoms with E-state index < -0.39 is 0 Å². The van der Waals surface area contributed by atoms with Gasteiger partial charge in [0.1, 0.15) is 0 Å². The molecule has 4 aromatic carbocycles. The normalized spacial score (nSPS) is 21.4. The minimum absolute atomic E-state index is 0.0642. The molecule has 0 amide bonds. The minimum Gasteiger partial charge on any atom is -0.375 e. The molecule has 3 aliphatic rings. The molecule has 3 heteroatoms. The maximum absolute atomic E-state index is 4.23. The van der Waals surface area contributed by atoms with Crippen LogP contribution in [0.25, 0.3) is 10.8 Å². The summed E-state index contributed by atoms with van der Waals surface area (Å²) in [5.74, 6) is 0. The molecular formula is C47H57N3. The molecule has 2 aliphatic carbocycles. The predicted octanol–water partition coefficient (Wildman–Crippen LogP) is 13.1. The summed E-state index contributed by atoms with van der Waals surface area (Å²) in [7, 11) is 0. The van der Waals surface area contributed by atoms with E-state index in [1.165, 1.54) is 96.6 Å². The lowest BCUT2D eigenvalue weighted by Crippen LogP contribution is -2.47. The SMILES string of the molecule is CC(C)(C)CCCCCCCCCc1ccc(NC2(c3cccc4ccccc34)CCC3=CN(Nc4ccccc4)C4=CC=CCC34C2)cc1. The van der Waals surface area contributed by atoms with Gasteiger partial charge in [-0.3, -0.25) is 10.4 Å². The van der Waals surface area contributed by atoms with Crippen molar-refractivity contribution >= 4 is 22.1 Å². The van der Waals surface area contributed by atoms with E-state index in [2.05, 4.69) is 158 Å². The molecule has 3 nitrogen and oxygen atoms in total. The van der Waals surface area contributed by atoms with E-state index in [0.717, 1.165) is 31.4 Å². The number of rotatable bonds is 14. The number of hydrazine groups is 1. The summed E-state index contributed by atoms with van der Waals surface area (Å²) >= 11 is 0. The van der Waals surface area contributed by atoms with Crippen molar-refractivity contribution in [2.45, 2.75) is 110 Å². The van der Waals surface area contributed by atoms with Gasteiger partial charge in [-0.2, -0.15) is 0 Å². The molecule has 1 heterocycles. The van der Waals surface area contributed by atoms with E-state index >= 15 is 0 Å². The van der Waals surface area contributed by atoms with Gasteiger partial charge in [0.25, 0.3) is 0 Å². The third kappa shape index (κ3) is 7.58. The van der Waals surface area contributed by atoms with Crippen LogP contribution in [-0.2, 0) is 12.0 Å². The Balaban J connectivity index is 1.08. The summed E-state index contributed by atoms with van der Waals surface area (Å²) in [6, 6.07) is 35.8. The van der Waals surface area contributed by atoms with Crippen LogP contribution in [0, 0.1) is 10.8 Å². The Kier molecular flexibility index (Phi) is 10.2. The Hall–Kier alpha value is -4.24. The first-order valence-corrected chi connectivity index (χ1v) is 19.4. The van der Waals surface area contributed by atoms with Crippen LogP contribution in [0.1, 0.15) is 109 Å². The molecule has 0 aromatic heterocycles. The van der Waals surface area contributed by atoms with Gasteiger partial charge in [-0.05, 0) is 108 Å². The molecule has 0 bridgehead atoms. The molecular weight excluding hydrogens is 607 g/mol. The Morgan fingerprint density at radius 1 is 0.720 bits per heavy atom. The zero-order valence-corrected chi connectivity index (χ0v) is 30.7. The fourth-order valence-corrected chi connectivity index (χ4v) is 8.87. The van der Waals surface area contributed by atoms with Crippen molar-refractivity contribution in [3.63, 3.8) is 0 Å². The number of hydrogen-bond acceptors (Lipinski definition) is 3. The van der Waals surface area contributed by atoms with Crippen molar-refractivity contribution in [2.75, 3.05) is 10.7 Å². The lowest BCUT2D eigenvalue weighted by Gasteiger charge is -2.50. The summed E-state index contributed by atoms with van der Waals surface area (Å²) in [5, 5.41) is 9.19. The van der Waals surface area contributed by atoms with E-state index in [-0.39, 0.29) is 11.0 Å². The van der Waals surface area contributed by atoms with Gasteiger partial charge in [0, 0.05) is 17.3 Å². The van der Waals surface area contributed by atoms with Crippen LogP contribution in [-0.4, -0.2) is 5.01 Å². The second kappa shape index (κ2) is 14.9. The predicted molar refractivity (Wildman–Crippen MR) is 214 cm³/mol. The van der Waals surface area contributed by atoms with Gasteiger partial charge in [0.05, 0.1) is 16.9 Å². The number of allylic oxidation sites excluding steroid dienone is 4. The van der Waals surface area contributed by atoms with Crippen LogP contribution >= 0.6 is 0 Å². The van der Waals surface area contributed by atoms with Crippen LogP contribution in [0.2, 0.25) is 0 Å². The van der Waals surface area contributed by atoms with Crippen molar-refractivity contribution in [2.24, 2.45) is 10.8 Å². The fourth-order valence-electron chi connectivity index (χ4n) is 8.87. The maximum atomic E-state index is 4.23. The molecule has 1 spiro atoms. The van der Waals surface area contributed by atoms with Crippen LogP contribution in [0.3, 0.4) is 0 Å². The first-order chi connectivity index (χ1) is 24.3. The van der Waals surface area contributed by atoms with E-state index in [4.69, 9.17) is 0 Å². The largest absolute Gasteiger partial charge is 0.375 e. The van der Waals surface area contributed by atoms with Gasteiger partial charge in [-0.1, -0.05) is 144 Å². The van der Waals surface area contributed by atoms with Crippen LogP contribution in [0.15, 0.2) is 133 Å². The van der Waals surface area contributed by atoms with Crippen molar-refractivity contribution < 1.29 is 0 Å². The number of hydrogen-bond donors (Lipinski definition) is 2. The number of fused-ring (bicyclic) bond motifs is 1. The maximum Gasteiger partial charge on any atom is 0.0646 e. The molecule has 1 saturated carbocycles. The smallest absolute Gasteiger partial charge is 0.0646 e. The van der Waals surface area contributed by atoms with E-state index in [1.54, 1.807) is 0 Å². The van der Waals surface area contributed by atoms with Crippen LogP contribution in [0.4, 0.5) is 11.4 Å². The van der Waals surface area contributed by atoms with Crippen molar-refractivity contribution in [1.82, 2.24) is 5.01 Å². The first kappa shape index (κ1) is 34.2. The van der Waals surface area contributed by atoms with Gasteiger partial charge in [0.15, 0.2) is 0 Å². The highest BCUT2D eigenvalue weighted by atomic mass is 15.5. The first-order valence-electron chi connectivity index (χ1n) is 19.4. The molecule has 1 aliphatic heterocycles. The third-order valence-electron chi connectivity index (χ3n) is 11.5. The van der Waals surface area contributed by atoms with E-state index in [9.17, 15) is 0 Å². The number of benzene rings is 4. The summed E-state index contributed by atoms with van der Waals surface area (Å²) < 4.78 is 0. The van der Waals surface area contributed by atoms with Crippen molar-refractivity contribution in [3.05, 3.63) is 144 Å². The molecule has 7 rings (SSSR count). The topological polar surface area (TPSA) is 27.3 Å². The second-order valence-electron chi connectivity index (χ2n) is 16.4. The molecule has 0 saturated heterocycles. The Morgan fingerprint density at radius 2 is 1.44 bits per heavy atom. The van der Waals surface area contributed by atoms with Gasteiger partial charge in [0.2, 0.25) is 0 Å². The number of unbranched alkanes of at least 4 members (excludes halogenated alkanes) is 6. The number of anilines is 2. The quantitative estimate of drug-likeness (QED) is 0.131. The molecule has 2 N–H and O–H groups in total. The monoisotopic (exact) mass is 663 g/mol. The lowest BCUT2D eigenvalue weighted by molar-refractivity contribution is 0.223. The number of nitrogens with zero attached hydrogens (tertiary/aromatic N) is 1. The minimum atomic E-state index is -0.223. The van der Waals surface area contributed by atoms with E-state index in [1.807, 2.05) is 0 Å². The molecule has 260 valence electrons. The molecule has 1 fully saturated rings. The lowest BCUT2D eigenvalue weighted by atomic mass is 9.58. The van der Waals surface area contributed by atoms with Gasteiger partial charge in [-0.25, -0.2) is 0 Å². The summed E-state index contributed by atoms with van der Waals surface area (Å²) in [6.07, 6.45) is 25.5. The Bertz CT molecular complexity index is 1820. The standard InChI is InChI=1S/C47H57N3/c1-45(2,3)32-16-8-6-4-5-7-10-19-37-27-29-40(30-28-37)48-47(43-25-18-21-38-20-13-14-24-42(38)43)34-31-39-35-50(49-41-22-11-9-12-23-41)44-26-15-17-33-46(39,44)36-47/h9,11-15,17-18,20-30,35,48-49H,4-8,10,16,19,31-34,36H2,1-3H3. The average molecular weight is 664 g/mol. The average Bonchev–Trinajstić information content (AvgIpc) is 3.44. The summed E-state index contributed by atoms with van der Waals surface area (Å²) in [5.41, 5.74) is 12.0. The molecule has 0 radical (unpaired) electrons. The summed E-state index contributed by atoms with van der Waals surface area (Å²) in [6.45, 7) is 7.07. The molecule has 2 unspecified atom stereocenters. The molecule has 2 atom stereocenters. The number of aryl methyl sites for hydroxylation is 1. The Labute approximate surface area is 301 Å². The zero-order chi connectivity index (χ0) is 34.4. The van der Waals surface area contributed by atoms with Gasteiger partial charge < -0.3 is 5.32 Å². The Morgan fingerprint density at radius 3 is 2.24 bits per heavy atom. The highest BCUT2D eigenvalue weighted by molar-refractivity contribution is 5.87. The molecule has 4 aromatic rings. The van der Waals surface area contributed by atoms with Crippen LogP contribution < -0.4 is 10.7 Å². The highest BCUT2D eigenvalue weighted by Crippen LogP contribution is 2.61. The third-order valence-corrected chi connectivity index (χ3v) is 11.5. The molecule has 50 heavy (non-hydrogen) atoms. The van der Waals surface area contributed by atoms with Gasteiger partial charge in [-0.15, -0.1) is 0 Å². The zero-order valence-electron chi connectivity index (χ0n) is 30.7. The van der Waals surface area contributed by atoms with E-state index in [0.29, 0.717) is 5.41 Å². The van der Waals surface area contributed by atoms with Crippen molar-refractivity contribution in [1.29, 1.82) is 0 Å². The van der Waals surface area contributed by atoms with Crippen LogP contribution in [0.5, 0.6) is 0 Å². The fraction of sp³-hybridized carbons (Fsp3) is 0.404. The van der Waals surface area contributed by atoms with Crippen molar-refractivity contribution in [3.8, 4) is 0 Å². The number of nitrogens with one attached hydrogen (secondary N) is 2. The van der Waals surface area contributed by atoms with Gasteiger partial charge >= 0.3 is 0 Å². The summed E-state index contributed by atoms with van der Waals surface area (Å²) in [4.78, 5) is 0. The highest BCUT2D eigenvalue weighted by Gasteiger charge is 2.54.